The third kappa shape index (κ3) is 3.77. The highest BCUT2D eigenvalue weighted by Crippen LogP contribution is 2.44. The van der Waals surface area contributed by atoms with Crippen LogP contribution in [0.1, 0.15) is 16.7 Å². The second-order valence-electron chi connectivity index (χ2n) is 10.6. The van der Waals surface area contributed by atoms with Crippen molar-refractivity contribution in [3.8, 4) is 51.6 Å². The van der Waals surface area contributed by atoms with Crippen molar-refractivity contribution in [2.75, 3.05) is 0 Å². The highest BCUT2D eigenvalue weighted by molar-refractivity contribution is 6.14. The Labute approximate surface area is 251 Å². The molecule has 0 unspecified atom stereocenters. The van der Waals surface area contributed by atoms with Crippen molar-refractivity contribution in [3.05, 3.63) is 132 Å². The summed E-state index contributed by atoms with van der Waals surface area (Å²) in [5.74, 6) is 0. The van der Waals surface area contributed by atoms with Crippen LogP contribution in [0.5, 0.6) is 0 Å². The minimum absolute atomic E-state index is 0.383. The first-order valence-corrected chi connectivity index (χ1v) is 14.0. The zero-order valence-corrected chi connectivity index (χ0v) is 23.1. The molecule has 0 N–H and O–H groups in total. The van der Waals surface area contributed by atoms with E-state index in [1.54, 1.807) is 18.2 Å². The molecular weight excluding hydrogens is 542 g/mol. The van der Waals surface area contributed by atoms with Crippen molar-refractivity contribution in [2.24, 2.45) is 0 Å². The Kier molecular flexibility index (Phi) is 5.56. The third-order valence-electron chi connectivity index (χ3n) is 8.16. The van der Waals surface area contributed by atoms with Crippen molar-refractivity contribution in [2.45, 2.75) is 0 Å². The van der Waals surface area contributed by atoms with E-state index in [0.717, 1.165) is 55.0 Å². The molecule has 8 aromatic rings. The lowest BCUT2D eigenvalue weighted by molar-refractivity contribution is 0.669. The average Bonchev–Trinajstić information content (AvgIpc) is 3.66. The van der Waals surface area contributed by atoms with Gasteiger partial charge in [0.25, 0.3) is 0 Å². The molecule has 2 heterocycles. The molecular formula is C39H19N3O2. The summed E-state index contributed by atoms with van der Waals surface area (Å²) < 4.78 is 12.6. The summed E-state index contributed by atoms with van der Waals surface area (Å²) in [5.41, 5.74) is 8.67. The van der Waals surface area contributed by atoms with Gasteiger partial charge in [0.1, 0.15) is 28.4 Å². The average molecular weight is 562 g/mol. The van der Waals surface area contributed by atoms with Gasteiger partial charge in [-0.15, -0.1) is 0 Å². The molecule has 0 fully saturated rings. The monoisotopic (exact) mass is 561 g/mol. The summed E-state index contributed by atoms with van der Waals surface area (Å²) in [7, 11) is 0. The number of furan rings is 2. The number of rotatable bonds is 3. The second kappa shape index (κ2) is 9.74. The number of nitrogens with zero attached hydrogens (tertiary/aromatic N) is 3. The molecule has 202 valence electrons. The Bertz CT molecular complexity index is 2570. The number of hydrogen-bond donors (Lipinski definition) is 0. The van der Waals surface area contributed by atoms with Crippen molar-refractivity contribution < 1.29 is 8.83 Å². The van der Waals surface area contributed by atoms with Crippen LogP contribution >= 0.6 is 0 Å². The molecule has 0 bridgehead atoms. The minimum Gasteiger partial charge on any atom is -0.456 e. The lowest BCUT2D eigenvalue weighted by Gasteiger charge is -2.15. The fraction of sp³-hybridized carbons (Fsp3) is 0. The smallest absolute Gasteiger partial charge is 0.143 e. The van der Waals surface area contributed by atoms with E-state index >= 15 is 0 Å². The molecule has 0 atom stereocenters. The number of fused-ring (bicyclic) bond motifs is 6. The molecule has 0 amide bonds. The normalized spacial score (nSPS) is 11.1. The summed E-state index contributed by atoms with van der Waals surface area (Å²) >= 11 is 0. The maximum atomic E-state index is 10.8. The van der Waals surface area contributed by atoms with Crippen molar-refractivity contribution in [1.82, 2.24) is 0 Å². The van der Waals surface area contributed by atoms with Crippen LogP contribution in [-0.2, 0) is 0 Å². The van der Waals surface area contributed by atoms with E-state index in [0.29, 0.717) is 39.0 Å². The van der Waals surface area contributed by atoms with E-state index < -0.39 is 0 Å². The largest absolute Gasteiger partial charge is 0.456 e. The summed E-state index contributed by atoms with van der Waals surface area (Å²) in [5, 5.41) is 34.1. The van der Waals surface area contributed by atoms with Crippen LogP contribution in [0, 0.1) is 34.0 Å². The van der Waals surface area contributed by atoms with Gasteiger partial charge in [-0.25, -0.2) is 0 Å². The van der Waals surface area contributed by atoms with E-state index in [9.17, 15) is 15.8 Å². The third-order valence-corrected chi connectivity index (χ3v) is 8.16. The second-order valence-corrected chi connectivity index (χ2v) is 10.6. The van der Waals surface area contributed by atoms with Gasteiger partial charge in [0.2, 0.25) is 0 Å². The maximum Gasteiger partial charge on any atom is 0.143 e. The Morgan fingerprint density at radius 3 is 1.73 bits per heavy atom. The fourth-order valence-corrected chi connectivity index (χ4v) is 6.24. The molecule has 44 heavy (non-hydrogen) atoms. The predicted octanol–water partition coefficient (Wildman–Crippen LogP) is 10.1. The Morgan fingerprint density at radius 2 is 1.00 bits per heavy atom. The first kappa shape index (κ1) is 25.1. The van der Waals surface area contributed by atoms with Gasteiger partial charge in [-0.3, -0.25) is 0 Å². The molecule has 8 rings (SSSR count). The fourth-order valence-electron chi connectivity index (χ4n) is 6.24. The highest BCUT2D eigenvalue weighted by Gasteiger charge is 2.22. The molecule has 0 aliphatic rings. The number of hydrogen-bond acceptors (Lipinski definition) is 5. The zero-order valence-electron chi connectivity index (χ0n) is 23.1. The number of benzene rings is 6. The van der Waals surface area contributed by atoms with Crippen LogP contribution in [0.4, 0.5) is 0 Å². The van der Waals surface area contributed by atoms with E-state index in [2.05, 4.69) is 18.2 Å². The van der Waals surface area contributed by atoms with Crippen LogP contribution in [0.25, 0.3) is 77.3 Å². The quantitative estimate of drug-likeness (QED) is 0.214. The van der Waals surface area contributed by atoms with E-state index in [1.165, 1.54) is 0 Å². The van der Waals surface area contributed by atoms with Crippen LogP contribution in [0.2, 0.25) is 0 Å². The molecule has 0 aliphatic carbocycles. The predicted molar refractivity (Wildman–Crippen MR) is 171 cm³/mol. The van der Waals surface area contributed by atoms with Crippen LogP contribution < -0.4 is 0 Å². The van der Waals surface area contributed by atoms with Gasteiger partial charge < -0.3 is 8.83 Å². The Hall–Kier alpha value is -6.61. The van der Waals surface area contributed by atoms with Crippen LogP contribution in [-0.4, -0.2) is 0 Å². The first-order chi connectivity index (χ1) is 21.7. The maximum absolute atomic E-state index is 10.8. The van der Waals surface area contributed by atoms with Gasteiger partial charge in [0.05, 0.1) is 28.8 Å². The van der Waals surface area contributed by atoms with Crippen molar-refractivity contribution in [1.29, 1.82) is 15.8 Å². The summed E-state index contributed by atoms with van der Waals surface area (Å²) in [4.78, 5) is 0. The summed E-state index contributed by atoms with van der Waals surface area (Å²) in [6.45, 7) is 0. The zero-order chi connectivity index (χ0) is 29.8. The Balaban J connectivity index is 1.51. The number of nitriles is 3. The molecule has 5 heteroatoms. The van der Waals surface area contributed by atoms with Crippen molar-refractivity contribution in [3.63, 3.8) is 0 Å². The van der Waals surface area contributed by atoms with Gasteiger partial charge in [0, 0.05) is 38.2 Å². The van der Waals surface area contributed by atoms with E-state index in [1.807, 2.05) is 97.1 Å². The van der Waals surface area contributed by atoms with Gasteiger partial charge in [-0.1, -0.05) is 66.7 Å². The SMILES string of the molecule is N#Cc1cc(C#N)cc(-c2cc(-c3cccc4c3oc3ccccc34)c(C#N)c(-c3cccc4oc5ccccc5c34)c2)c1. The van der Waals surface area contributed by atoms with Gasteiger partial charge >= 0.3 is 0 Å². The van der Waals surface area contributed by atoms with Crippen LogP contribution in [0.3, 0.4) is 0 Å². The van der Waals surface area contributed by atoms with Crippen molar-refractivity contribution >= 4 is 43.9 Å². The van der Waals surface area contributed by atoms with Gasteiger partial charge in [-0.05, 0) is 65.2 Å². The van der Waals surface area contributed by atoms with E-state index in [-0.39, 0.29) is 0 Å². The molecule has 0 aliphatic heterocycles. The Morgan fingerprint density at radius 1 is 0.432 bits per heavy atom. The molecule has 0 saturated carbocycles. The standard InChI is InChI=1S/C39H19N3O2/c40-20-23-15-24(21-41)17-25(16-23)26-18-32(28-9-6-14-37-38(28)31-8-2-4-13-36(31)43-37)34(22-42)33(19-26)30-11-5-10-29-27-7-1-3-12-35(27)44-39(29)30/h1-19H. The molecule has 2 aromatic heterocycles. The summed E-state index contributed by atoms with van der Waals surface area (Å²) in [6.07, 6.45) is 0. The molecule has 0 radical (unpaired) electrons. The minimum atomic E-state index is 0.383. The van der Waals surface area contributed by atoms with E-state index in [4.69, 9.17) is 8.83 Å². The molecule has 0 saturated heterocycles. The topological polar surface area (TPSA) is 97.6 Å². The van der Waals surface area contributed by atoms with Gasteiger partial charge in [0.15, 0.2) is 0 Å². The lowest BCUT2D eigenvalue weighted by Crippen LogP contribution is -1.94. The van der Waals surface area contributed by atoms with Crippen LogP contribution in [0.15, 0.2) is 124 Å². The van der Waals surface area contributed by atoms with Gasteiger partial charge in [-0.2, -0.15) is 15.8 Å². The molecule has 6 aromatic carbocycles. The lowest BCUT2D eigenvalue weighted by atomic mass is 9.86. The summed E-state index contributed by atoms with van der Waals surface area (Å²) in [6, 6.07) is 43.5. The highest BCUT2D eigenvalue weighted by atomic mass is 16.3. The molecule has 0 spiro atoms. The molecule has 5 nitrogen and oxygen atoms in total. The number of para-hydroxylation sites is 3. The first-order valence-electron chi connectivity index (χ1n) is 14.0.